The second-order valence-corrected chi connectivity index (χ2v) is 6.49. The Labute approximate surface area is 152 Å². The summed E-state index contributed by atoms with van der Waals surface area (Å²) in [5.74, 6) is -0.473. The maximum Gasteiger partial charge on any atom is 0.343 e. The van der Waals surface area contributed by atoms with Crippen LogP contribution in [0.5, 0.6) is 11.5 Å². The van der Waals surface area contributed by atoms with Crippen molar-refractivity contribution in [3.63, 3.8) is 0 Å². The summed E-state index contributed by atoms with van der Waals surface area (Å²) in [7, 11) is 0. The lowest BCUT2D eigenvalue weighted by atomic mass is 10.1. The van der Waals surface area contributed by atoms with Crippen LogP contribution in [0.3, 0.4) is 0 Å². The predicted octanol–water partition coefficient (Wildman–Crippen LogP) is 4.72. The highest BCUT2D eigenvalue weighted by atomic mass is 32.1. The van der Waals surface area contributed by atoms with E-state index >= 15 is 0 Å². The molecule has 0 bridgehead atoms. The van der Waals surface area contributed by atoms with E-state index in [-0.39, 0.29) is 22.9 Å². The van der Waals surface area contributed by atoms with Gasteiger partial charge in [-0.2, -0.15) is 0 Å². The van der Waals surface area contributed by atoms with E-state index in [1.807, 2.05) is 17.5 Å². The second kappa shape index (κ2) is 6.57. The van der Waals surface area contributed by atoms with E-state index in [4.69, 9.17) is 9.47 Å². The number of Topliss-reactive ketones (excluding diaryl/α,β-unsaturated/α-hetero) is 1. The molecule has 0 spiro atoms. The first-order chi connectivity index (χ1) is 12.6. The summed E-state index contributed by atoms with van der Waals surface area (Å²) in [5, 5.41) is 1.91. The monoisotopic (exact) mass is 366 g/mol. The summed E-state index contributed by atoms with van der Waals surface area (Å²) >= 11 is 1.50. The van der Waals surface area contributed by atoms with Gasteiger partial charge in [0.2, 0.25) is 5.78 Å². The second-order valence-electron chi connectivity index (χ2n) is 5.51. The van der Waals surface area contributed by atoms with Crippen molar-refractivity contribution in [1.82, 2.24) is 0 Å². The van der Waals surface area contributed by atoms with E-state index < -0.39 is 11.8 Å². The number of carbonyl (C=O) groups excluding carboxylic acids is 2. The zero-order chi connectivity index (χ0) is 18.1. The molecule has 0 aliphatic carbocycles. The van der Waals surface area contributed by atoms with Crippen LogP contribution in [0.25, 0.3) is 6.08 Å². The average Bonchev–Trinajstić information content (AvgIpc) is 3.24. The van der Waals surface area contributed by atoms with Gasteiger partial charge < -0.3 is 9.47 Å². The van der Waals surface area contributed by atoms with Crippen molar-refractivity contribution in [2.45, 2.75) is 0 Å². The zero-order valence-electron chi connectivity index (χ0n) is 13.3. The van der Waals surface area contributed by atoms with E-state index in [0.29, 0.717) is 11.3 Å². The topological polar surface area (TPSA) is 52.6 Å². The van der Waals surface area contributed by atoms with Gasteiger partial charge in [0.05, 0.1) is 11.1 Å². The SMILES string of the molecule is O=C(Oc1ccc2c(c1)O/C(=C\c1cccs1)C2=O)c1ccc(F)cc1. The zero-order valence-corrected chi connectivity index (χ0v) is 14.1. The Hall–Kier alpha value is -3.25. The van der Waals surface area contributed by atoms with Crippen LogP contribution < -0.4 is 9.47 Å². The number of esters is 1. The van der Waals surface area contributed by atoms with Gasteiger partial charge in [0.1, 0.15) is 17.3 Å². The lowest BCUT2D eigenvalue weighted by Gasteiger charge is -2.05. The van der Waals surface area contributed by atoms with Crippen LogP contribution >= 0.6 is 11.3 Å². The number of hydrogen-bond acceptors (Lipinski definition) is 5. The number of halogens is 1. The van der Waals surface area contributed by atoms with Crippen molar-refractivity contribution in [1.29, 1.82) is 0 Å². The molecule has 0 fully saturated rings. The van der Waals surface area contributed by atoms with Crippen LogP contribution in [0.15, 0.2) is 65.7 Å². The number of ether oxygens (including phenoxy) is 2. The fourth-order valence-electron chi connectivity index (χ4n) is 2.49. The van der Waals surface area contributed by atoms with Crippen molar-refractivity contribution in [3.8, 4) is 11.5 Å². The molecule has 2 aromatic carbocycles. The molecule has 0 saturated carbocycles. The number of carbonyl (C=O) groups is 2. The molecule has 4 rings (SSSR count). The number of ketones is 1. The van der Waals surface area contributed by atoms with E-state index in [2.05, 4.69) is 0 Å². The molecule has 0 atom stereocenters. The molecule has 0 unspecified atom stereocenters. The highest BCUT2D eigenvalue weighted by molar-refractivity contribution is 7.10. The van der Waals surface area contributed by atoms with Crippen LogP contribution in [0.2, 0.25) is 0 Å². The molecule has 1 aliphatic heterocycles. The number of rotatable bonds is 3. The van der Waals surface area contributed by atoms with Gasteiger partial charge in [-0.25, -0.2) is 9.18 Å². The van der Waals surface area contributed by atoms with Crippen LogP contribution in [-0.4, -0.2) is 11.8 Å². The molecule has 26 heavy (non-hydrogen) atoms. The Morgan fingerprint density at radius 2 is 1.92 bits per heavy atom. The van der Waals surface area contributed by atoms with Crippen LogP contribution in [-0.2, 0) is 0 Å². The maximum atomic E-state index is 12.9. The molecule has 2 heterocycles. The van der Waals surface area contributed by atoms with Gasteiger partial charge in [0.15, 0.2) is 5.76 Å². The van der Waals surface area contributed by atoms with Crippen LogP contribution in [0.4, 0.5) is 4.39 Å². The summed E-state index contributed by atoms with van der Waals surface area (Å²) in [6, 6.07) is 13.4. The van der Waals surface area contributed by atoms with Gasteiger partial charge in [0.25, 0.3) is 0 Å². The van der Waals surface area contributed by atoms with Gasteiger partial charge in [-0.1, -0.05) is 6.07 Å². The Kier molecular flexibility index (Phi) is 4.10. The van der Waals surface area contributed by atoms with Gasteiger partial charge in [-0.05, 0) is 47.8 Å². The van der Waals surface area contributed by atoms with Crippen molar-refractivity contribution >= 4 is 29.2 Å². The van der Waals surface area contributed by atoms with E-state index in [1.165, 1.54) is 47.7 Å². The summed E-state index contributed by atoms with van der Waals surface area (Å²) in [6.45, 7) is 0. The number of hydrogen-bond donors (Lipinski definition) is 0. The lowest BCUT2D eigenvalue weighted by Crippen LogP contribution is -2.08. The standard InChI is InChI=1S/C20H11FO4S/c21-13-5-3-12(4-6-13)20(23)24-14-7-8-16-17(10-14)25-18(19(16)22)11-15-2-1-9-26-15/h1-11H/b18-11-. The van der Waals surface area contributed by atoms with Gasteiger partial charge >= 0.3 is 5.97 Å². The highest BCUT2D eigenvalue weighted by Gasteiger charge is 2.28. The third-order valence-electron chi connectivity index (χ3n) is 3.75. The third-order valence-corrected chi connectivity index (χ3v) is 4.57. The minimum atomic E-state index is -0.622. The first kappa shape index (κ1) is 16.2. The molecule has 6 heteroatoms. The Bertz CT molecular complexity index is 1020. The number of allylic oxidation sites excluding steroid dienone is 1. The van der Waals surface area contributed by atoms with E-state index in [9.17, 15) is 14.0 Å². The molecule has 0 amide bonds. The summed E-state index contributed by atoms with van der Waals surface area (Å²) in [6.07, 6.45) is 1.68. The quantitative estimate of drug-likeness (QED) is 0.382. The average molecular weight is 366 g/mol. The predicted molar refractivity (Wildman–Crippen MR) is 95.1 cm³/mol. The molecule has 0 saturated heterocycles. The maximum absolute atomic E-state index is 12.9. The van der Waals surface area contributed by atoms with Crippen molar-refractivity contribution in [3.05, 3.63) is 87.6 Å². The van der Waals surface area contributed by atoms with Crippen molar-refractivity contribution in [2.75, 3.05) is 0 Å². The largest absolute Gasteiger partial charge is 0.452 e. The minimum Gasteiger partial charge on any atom is -0.452 e. The molecular formula is C20H11FO4S. The highest BCUT2D eigenvalue weighted by Crippen LogP contribution is 2.35. The lowest BCUT2D eigenvalue weighted by molar-refractivity contribution is 0.0734. The first-order valence-electron chi connectivity index (χ1n) is 7.70. The van der Waals surface area contributed by atoms with Crippen molar-refractivity contribution in [2.24, 2.45) is 0 Å². The summed E-state index contributed by atoms with van der Waals surface area (Å²) in [5.41, 5.74) is 0.636. The van der Waals surface area contributed by atoms with Crippen LogP contribution in [0.1, 0.15) is 25.6 Å². The molecule has 4 nitrogen and oxygen atoms in total. The van der Waals surface area contributed by atoms with Gasteiger partial charge in [0, 0.05) is 17.0 Å². The van der Waals surface area contributed by atoms with Crippen LogP contribution in [0, 0.1) is 5.82 Å². The fourth-order valence-corrected chi connectivity index (χ4v) is 3.13. The Balaban J connectivity index is 1.55. The smallest absolute Gasteiger partial charge is 0.343 e. The molecule has 1 aliphatic rings. The third kappa shape index (κ3) is 3.14. The molecule has 0 radical (unpaired) electrons. The summed E-state index contributed by atoms with van der Waals surface area (Å²) < 4.78 is 23.8. The molecule has 1 aromatic heterocycles. The normalized spacial score (nSPS) is 14.2. The van der Waals surface area contributed by atoms with E-state index in [0.717, 1.165) is 4.88 Å². The minimum absolute atomic E-state index is 0.218. The molecule has 3 aromatic rings. The van der Waals surface area contributed by atoms with E-state index in [1.54, 1.807) is 12.1 Å². The number of fused-ring (bicyclic) bond motifs is 1. The fraction of sp³-hybridized carbons (Fsp3) is 0. The number of benzene rings is 2. The Morgan fingerprint density at radius 3 is 2.65 bits per heavy atom. The summed E-state index contributed by atoms with van der Waals surface area (Å²) in [4.78, 5) is 25.4. The first-order valence-corrected chi connectivity index (χ1v) is 8.58. The molecular weight excluding hydrogens is 355 g/mol. The molecule has 0 N–H and O–H groups in total. The van der Waals surface area contributed by atoms with Crippen molar-refractivity contribution < 1.29 is 23.5 Å². The van der Waals surface area contributed by atoms with Gasteiger partial charge in [-0.3, -0.25) is 4.79 Å². The Morgan fingerprint density at radius 1 is 1.12 bits per heavy atom. The number of thiophene rings is 1. The molecule has 128 valence electrons. The van der Waals surface area contributed by atoms with Gasteiger partial charge in [-0.15, -0.1) is 11.3 Å².